The number of carbonyl (C=O) groups excluding carboxylic acids is 2. The molecule has 0 bridgehead atoms. The molecular formula is C12H21N3O5. The van der Waals surface area contributed by atoms with Gasteiger partial charge in [0.15, 0.2) is 0 Å². The fraction of sp³-hybridized carbons (Fsp3) is 0.750. The van der Waals surface area contributed by atoms with Crippen molar-refractivity contribution in [2.24, 2.45) is 11.7 Å². The molecule has 0 radical (unpaired) electrons. The first-order valence-electron chi connectivity index (χ1n) is 6.50. The van der Waals surface area contributed by atoms with Crippen molar-refractivity contribution in [1.29, 1.82) is 0 Å². The van der Waals surface area contributed by atoms with Crippen LogP contribution in [0.25, 0.3) is 0 Å². The standard InChI is InChI=1S/C12H21N3O5/c1-15(4-5-20-7-8-2-3-8)12(19)14-9(11(17)18)6-10(13)16/h8-9H,2-7H2,1H3,(H2,13,16)(H,14,19)(H,17,18)/t9-/m1/s1. The molecule has 0 aromatic carbocycles. The molecule has 0 aromatic rings. The first-order valence-corrected chi connectivity index (χ1v) is 6.50. The van der Waals surface area contributed by atoms with Gasteiger partial charge in [-0.1, -0.05) is 0 Å². The van der Waals surface area contributed by atoms with E-state index in [0.717, 1.165) is 0 Å². The monoisotopic (exact) mass is 287 g/mol. The number of carboxylic acids is 1. The summed E-state index contributed by atoms with van der Waals surface area (Å²) in [6.45, 7) is 1.45. The Labute approximate surface area is 117 Å². The van der Waals surface area contributed by atoms with Crippen LogP contribution in [0.4, 0.5) is 4.79 Å². The normalized spacial score (nSPS) is 15.4. The van der Waals surface area contributed by atoms with E-state index in [1.807, 2.05) is 0 Å². The zero-order valence-corrected chi connectivity index (χ0v) is 11.5. The highest BCUT2D eigenvalue weighted by atomic mass is 16.5. The van der Waals surface area contributed by atoms with Crippen LogP contribution in [0.2, 0.25) is 0 Å². The first-order chi connectivity index (χ1) is 9.40. The number of ether oxygens (including phenoxy) is 1. The molecule has 1 rings (SSSR count). The van der Waals surface area contributed by atoms with E-state index < -0.39 is 30.4 Å². The van der Waals surface area contributed by atoms with Gasteiger partial charge in [0.25, 0.3) is 0 Å². The van der Waals surface area contributed by atoms with Gasteiger partial charge in [0.05, 0.1) is 13.0 Å². The lowest BCUT2D eigenvalue weighted by Crippen LogP contribution is -2.48. The number of likely N-dealkylation sites (N-methyl/N-ethyl adjacent to an activating group) is 1. The van der Waals surface area contributed by atoms with Crippen molar-refractivity contribution in [3.05, 3.63) is 0 Å². The van der Waals surface area contributed by atoms with Crippen LogP contribution in [-0.2, 0) is 14.3 Å². The second-order valence-electron chi connectivity index (χ2n) is 4.95. The molecule has 3 amide bonds. The quantitative estimate of drug-likeness (QED) is 0.488. The third-order valence-electron chi connectivity index (χ3n) is 2.97. The fourth-order valence-corrected chi connectivity index (χ4v) is 1.50. The van der Waals surface area contributed by atoms with E-state index in [0.29, 0.717) is 25.7 Å². The molecule has 114 valence electrons. The van der Waals surface area contributed by atoms with Crippen molar-refractivity contribution >= 4 is 17.9 Å². The van der Waals surface area contributed by atoms with Crippen LogP contribution in [0.3, 0.4) is 0 Å². The van der Waals surface area contributed by atoms with Gasteiger partial charge < -0.3 is 25.8 Å². The molecule has 8 heteroatoms. The van der Waals surface area contributed by atoms with E-state index in [-0.39, 0.29) is 0 Å². The molecule has 0 spiro atoms. The van der Waals surface area contributed by atoms with Crippen LogP contribution in [0, 0.1) is 5.92 Å². The number of hydrogen-bond acceptors (Lipinski definition) is 4. The molecule has 1 saturated carbocycles. The number of nitrogens with zero attached hydrogens (tertiary/aromatic N) is 1. The van der Waals surface area contributed by atoms with Gasteiger partial charge in [0, 0.05) is 20.2 Å². The summed E-state index contributed by atoms with van der Waals surface area (Å²) in [4.78, 5) is 34.6. The van der Waals surface area contributed by atoms with E-state index in [1.54, 1.807) is 0 Å². The summed E-state index contributed by atoms with van der Waals surface area (Å²) in [5.41, 5.74) is 4.93. The summed E-state index contributed by atoms with van der Waals surface area (Å²) in [6.07, 6.45) is 1.96. The van der Waals surface area contributed by atoms with E-state index in [1.165, 1.54) is 24.8 Å². The van der Waals surface area contributed by atoms with E-state index in [4.69, 9.17) is 15.6 Å². The molecule has 4 N–H and O–H groups in total. The average molecular weight is 287 g/mol. The lowest BCUT2D eigenvalue weighted by Gasteiger charge is -2.20. The largest absolute Gasteiger partial charge is 0.480 e. The highest BCUT2D eigenvalue weighted by Crippen LogP contribution is 2.28. The van der Waals surface area contributed by atoms with Crippen molar-refractivity contribution < 1.29 is 24.2 Å². The number of nitrogens with two attached hydrogens (primary N) is 1. The highest BCUT2D eigenvalue weighted by Gasteiger charge is 2.24. The Morgan fingerprint density at radius 2 is 2.10 bits per heavy atom. The number of rotatable bonds is 9. The maximum absolute atomic E-state index is 11.7. The average Bonchev–Trinajstić information content (AvgIpc) is 3.16. The second kappa shape index (κ2) is 7.68. The fourth-order valence-electron chi connectivity index (χ4n) is 1.50. The summed E-state index contributed by atoms with van der Waals surface area (Å²) < 4.78 is 5.38. The molecule has 0 unspecified atom stereocenters. The Bertz CT molecular complexity index is 370. The van der Waals surface area contributed by atoms with Crippen LogP contribution >= 0.6 is 0 Å². The number of aliphatic carboxylic acids is 1. The van der Waals surface area contributed by atoms with E-state index in [9.17, 15) is 14.4 Å². The van der Waals surface area contributed by atoms with Gasteiger partial charge in [-0.25, -0.2) is 9.59 Å². The number of nitrogens with one attached hydrogen (secondary N) is 1. The predicted molar refractivity (Wildman–Crippen MR) is 69.9 cm³/mol. The minimum Gasteiger partial charge on any atom is -0.480 e. The van der Waals surface area contributed by atoms with Crippen molar-refractivity contribution in [3.63, 3.8) is 0 Å². The van der Waals surface area contributed by atoms with Crippen LogP contribution < -0.4 is 11.1 Å². The van der Waals surface area contributed by atoms with Crippen LogP contribution in [0.15, 0.2) is 0 Å². The van der Waals surface area contributed by atoms with Crippen molar-refractivity contribution in [2.75, 3.05) is 26.8 Å². The number of amides is 3. The van der Waals surface area contributed by atoms with E-state index in [2.05, 4.69) is 5.32 Å². The minimum absolute atomic E-state index is 0.349. The van der Waals surface area contributed by atoms with Gasteiger partial charge >= 0.3 is 12.0 Å². The molecular weight excluding hydrogens is 266 g/mol. The zero-order chi connectivity index (χ0) is 15.1. The maximum atomic E-state index is 11.7. The maximum Gasteiger partial charge on any atom is 0.326 e. The van der Waals surface area contributed by atoms with Crippen molar-refractivity contribution in [3.8, 4) is 0 Å². The Morgan fingerprint density at radius 1 is 1.45 bits per heavy atom. The Balaban J connectivity index is 2.26. The Morgan fingerprint density at radius 3 is 2.60 bits per heavy atom. The summed E-state index contributed by atoms with van der Waals surface area (Å²) in [5, 5.41) is 11.1. The molecule has 0 heterocycles. The Kier molecular flexibility index (Phi) is 6.23. The predicted octanol–water partition coefficient (Wildman–Crippen LogP) is -0.617. The molecule has 0 aliphatic heterocycles. The molecule has 0 saturated heterocycles. The minimum atomic E-state index is -1.31. The van der Waals surface area contributed by atoms with Crippen molar-refractivity contribution in [1.82, 2.24) is 10.2 Å². The molecule has 1 aliphatic carbocycles. The molecule has 1 fully saturated rings. The SMILES string of the molecule is CN(CCOCC1CC1)C(=O)N[C@H](CC(N)=O)C(=O)O. The van der Waals surface area contributed by atoms with Crippen LogP contribution in [-0.4, -0.2) is 60.8 Å². The molecule has 20 heavy (non-hydrogen) atoms. The highest BCUT2D eigenvalue weighted by molar-refractivity contribution is 5.87. The summed E-state index contributed by atoms with van der Waals surface area (Å²) in [5.74, 6) is -1.43. The molecule has 0 aromatic heterocycles. The zero-order valence-electron chi connectivity index (χ0n) is 11.5. The number of carboxylic acid groups (broad SMARTS) is 1. The van der Waals surface area contributed by atoms with Gasteiger partial charge in [0.2, 0.25) is 5.91 Å². The number of primary amides is 1. The summed E-state index contributed by atoms with van der Waals surface area (Å²) in [7, 11) is 1.53. The molecule has 8 nitrogen and oxygen atoms in total. The lowest BCUT2D eigenvalue weighted by atomic mass is 10.2. The topological polar surface area (TPSA) is 122 Å². The van der Waals surface area contributed by atoms with Gasteiger partial charge in [-0.15, -0.1) is 0 Å². The molecule has 1 atom stereocenters. The van der Waals surface area contributed by atoms with Crippen LogP contribution in [0.1, 0.15) is 19.3 Å². The number of urea groups is 1. The third-order valence-corrected chi connectivity index (χ3v) is 2.97. The van der Waals surface area contributed by atoms with Gasteiger partial charge in [0.1, 0.15) is 6.04 Å². The third kappa shape index (κ3) is 6.37. The van der Waals surface area contributed by atoms with Gasteiger partial charge in [-0.05, 0) is 18.8 Å². The Hall–Kier alpha value is -1.83. The second-order valence-corrected chi connectivity index (χ2v) is 4.95. The molecule has 1 aliphatic rings. The lowest BCUT2D eigenvalue weighted by molar-refractivity contribution is -0.140. The van der Waals surface area contributed by atoms with Crippen LogP contribution in [0.5, 0.6) is 0 Å². The van der Waals surface area contributed by atoms with Crippen molar-refractivity contribution in [2.45, 2.75) is 25.3 Å². The van der Waals surface area contributed by atoms with E-state index >= 15 is 0 Å². The summed E-state index contributed by atoms with van der Waals surface area (Å²) in [6, 6.07) is -1.89. The first kappa shape index (κ1) is 16.2. The number of carbonyl (C=O) groups is 3. The summed E-state index contributed by atoms with van der Waals surface area (Å²) >= 11 is 0. The smallest absolute Gasteiger partial charge is 0.326 e. The van der Waals surface area contributed by atoms with Gasteiger partial charge in [-0.3, -0.25) is 4.79 Å². The number of hydrogen-bond donors (Lipinski definition) is 3. The van der Waals surface area contributed by atoms with Gasteiger partial charge in [-0.2, -0.15) is 0 Å².